The van der Waals surface area contributed by atoms with Crippen LogP contribution in [-0.4, -0.2) is 32.3 Å². The van der Waals surface area contributed by atoms with Crippen molar-refractivity contribution in [2.45, 2.75) is 16.2 Å². The number of hydrogen-bond acceptors (Lipinski definition) is 6. The van der Waals surface area contributed by atoms with Crippen LogP contribution in [0.5, 0.6) is 5.75 Å². The smallest absolute Gasteiger partial charge is 0.496 e. The topological polar surface area (TPSA) is 109 Å². The predicted octanol–water partition coefficient (Wildman–Crippen LogP) is 2.84. The Balaban J connectivity index is 2.15. The molecule has 152 valence electrons. The summed E-state index contributed by atoms with van der Waals surface area (Å²) >= 11 is 0. The van der Waals surface area contributed by atoms with Gasteiger partial charge in [-0.25, -0.2) is 13.4 Å². The van der Waals surface area contributed by atoms with Crippen LogP contribution < -0.4 is 10.5 Å². The number of carbonyl (C=O) groups is 1. The number of halogens is 3. The van der Waals surface area contributed by atoms with E-state index in [2.05, 4.69) is 9.72 Å². The molecular formula is C18H13F3N2O5S. The molecule has 3 rings (SSSR count). The molecule has 1 amide bonds. The molecular weight excluding hydrogens is 413 g/mol. The molecule has 2 heterocycles. The van der Waals surface area contributed by atoms with Crippen molar-refractivity contribution in [1.82, 2.24) is 4.98 Å². The van der Waals surface area contributed by atoms with Gasteiger partial charge in [-0.15, -0.1) is 13.2 Å². The molecule has 29 heavy (non-hydrogen) atoms. The number of alkyl halides is 3. The van der Waals surface area contributed by atoms with Crippen molar-refractivity contribution in [3.05, 3.63) is 66.2 Å². The van der Waals surface area contributed by atoms with E-state index >= 15 is 0 Å². The van der Waals surface area contributed by atoms with Crippen molar-refractivity contribution in [3.8, 4) is 5.75 Å². The van der Waals surface area contributed by atoms with Crippen molar-refractivity contribution in [3.63, 3.8) is 0 Å². The lowest BCUT2D eigenvalue weighted by molar-refractivity contribution is -0.275. The summed E-state index contributed by atoms with van der Waals surface area (Å²) in [5.74, 6) is -1.79. The second kappa shape index (κ2) is 7.59. The van der Waals surface area contributed by atoms with E-state index in [0.717, 1.165) is 24.4 Å². The van der Waals surface area contributed by atoms with Crippen molar-refractivity contribution >= 4 is 21.3 Å². The maximum atomic E-state index is 13.0. The molecule has 2 aromatic rings. The van der Waals surface area contributed by atoms with E-state index in [9.17, 15) is 26.4 Å². The molecule has 0 saturated carbocycles. The lowest BCUT2D eigenvalue weighted by Crippen LogP contribution is -2.20. The highest BCUT2D eigenvalue weighted by atomic mass is 32.2. The van der Waals surface area contributed by atoms with Gasteiger partial charge in [-0.1, -0.05) is 18.2 Å². The number of aromatic nitrogens is 1. The average molecular weight is 426 g/mol. The molecule has 1 aliphatic heterocycles. The molecule has 1 aromatic carbocycles. The number of nitrogens with two attached hydrogens (primary N) is 1. The molecule has 0 saturated heterocycles. The maximum Gasteiger partial charge on any atom is 0.573 e. The van der Waals surface area contributed by atoms with E-state index in [4.69, 9.17) is 10.5 Å². The molecule has 2 N–H and O–H groups in total. The molecule has 0 aliphatic carbocycles. The summed E-state index contributed by atoms with van der Waals surface area (Å²) in [6.07, 6.45) is 0.262. The number of sulfone groups is 1. The van der Waals surface area contributed by atoms with Crippen molar-refractivity contribution < 1.29 is 35.9 Å². The highest BCUT2D eigenvalue weighted by molar-refractivity contribution is 7.91. The third-order valence-corrected chi connectivity index (χ3v) is 5.59. The Morgan fingerprint density at radius 2 is 1.97 bits per heavy atom. The summed E-state index contributed by atoms with van der Waals surface area (Å²) in [5.41, 5.74) is 5.62. The number of allylic oxidation sites excluding steroid dienone is 2. The molecule has 0 atom stereocenters. The number of ether oxygens (including phenoxy) is 2. The summed E-state index contributed by atoms with van der Waals surface area (Å²) in [6.45, 7) is 0.0235. The number of amides is 1. The minimum Gasteiger partial charge on any atom is -0.496 e. The zero-order chi connectivity index (χ0) is 21.2. The van der Waals surface area contributed by atoms with Crippen LogP contribution in [0, 0.1) is 0 Å². The van der Waals surface area contributed by atoms with Gasteiger partial charge in [0.1, 0.15) is 22.9 Å². The quantitative estimate of drug-likeness (QED) is 0.788. The Kier molecular flexibility index (Phi) is 5.33. The summed E-state index contributed by atoms with van der Waals surface area (Å²) in [5, 5.41) is 0. The van der Waals surface area contributed by atoms with Gasteiger partial charge in [0.15, 0.2) is 0 Å². The van der Waals surface area contributed by atoms with Crippen molar-refractivity contribution in [1.29, 1.82) is 0 Å². The van der Waals surface area contributed by atoms with Gasteiger partial charge < -0.3 is 15.2 Å². The molecule has 0 fully saturated rings. The molecule has 1 aliphatic rings. The summed E-state index contributed by atoms with van der Waals surface area (Å²) in [7, 11) is -4.47. The number of nitrogens with zero attached hydrogens (tertiary/aromatic N) is 1. The fraction of sp³-hybridized carbons (Fsp3) is 0.111. The lowest BCUT2D eigenvalue weighted by Gasteiger charge is -2.16. The SMILES string of the molecule is NC(=O)c1ncc(S(=O)(=O)c2ccccc2OC(F)(F)F)cc1C1=CC=COC1. The first-order valence-corrected chi connectivity index (χ1v) is 9.45. The van der Waals surface area contributed by atoms with Crippen LogP contribution in [-0.2, 0) is 14.6 Å². The van der Waals surface area contributed by atoms with Gasteiger partial charge in [0.2, 0.25) is 9.84 Å². The van der Waals surface area contributed by atoms with E-state index in [1.807, 2.05) is 0 Å². The molecule has 0 bridgehead atoms. The first kappa shape index (κ1) is 20.4. The van der Waals surface area contributed by atoms with Crippen LogP contribution in [0.2, 0.25) is 0 Å². The van der Waals surface area contributed by atoms with Gasteiger partial charge in [0.25, 0.3) is 5.91 Å². The first-order valence-electron chi connectivity index (χ1n) is 7.97. The van der Waals surface area contributed by atoms with Gasteiger partial charge in [-0.2, -0.15) is 0 Å². The summed E-state index contributed by atoms with van der Waals surface area (Å²) < 4.78 is 72.9. The van der Waals surface area contributed by atoms with Crippen molar-refractivity contribution in [2.24, 2.45) is 5.73 Å². The normalized spacial score (nSPS) is 14.1. The molecule has 7 nitrogen and oxygen atoms in total. The van der Waals surface area contributed by atoms with E-state index in [-0.39, 0.29) is 17.9 Å². The van der Waals surface area contributed by atoms with E-state index in [1.165, 1.54) is 24.5 Å². The van der Waals surface area contributed by atoms with Gasteiger partial charge in [-0.05, 0) is 29.8 Å². The fourth-order valence-corrected chi connectivity index (χ4v) is 3.96. The molecule has 0 unspecified atom stereocenters. The molecule has 11 heteroatoms. The first-order chi connectivity index (χ1) is 13.6. The number of rotatable bonds is 5. The second-order valence-corrected chi connectivity index (χ2v) is 7.68. The molecule has 0 spiro atoms. The third kappa shape index (κ3) is 4.40. The highest BCUT2D eigenvalue weighted by Gasteiger charge is 2.34. The van der Waals surface area contributed by atoms with Crippen LogP contribution in [0.3, 0.4) is 0 Å². The Morgan fingerprint density at radius 1 is 1.24 bits per heavy atom. The lowest BCUT2D eigenvalue weighted by atomic mass is 10.0. The van der Waals surface area contributed by atoms with Crippen LogP contribution >= 0.6 is 0 Å². The van der Waals surface area contributed by atoms with E-state index < -0.39 is 37.6 Å². The summed E-state index contributed by atoms with van der Waals surface area (Å²) in [6, 6.07) is 5.43. The largest absolute Gasteiger partial charge is 0.573 e. The number of carbonyl (C=O) groups excluding carboxylic acids is 1. The van der Waals surface area contributed by atoms with Gasteiger partial charge >= 0.3 is 6.36 Å². The number of primary amides is 1. The monoisotopic (exact) mass is 426 g/mol. The predicted molar refractivity (Wildman–Crippen MR) is 94.4 cm³/mol. The van der Waals surface area contributed by atoms with Crippen molar-refractivity contribution in [2.75, 3.05) is 6.61 Å². The molecule has 0 radical (unpaired) electrons. The minimum absolute atomic E-state index is 0.0235. The van der Waals surface area contributed by atoms with Gasteiger partial charge in [-0.3, -0.25) is 4.79 Å². The number of benzene rings is 1. The second-order valence-electron chi connectivity index (χ2n) is 5.76. The van der Waals surface area contributed by atoms with Crippen LogP contribution in [0.4, 0.5) is 13.2 Å². The number of pyridine rings is 1. The number of para-hydroxylation sites is 1. The molecule has 1 aromatic heterocycles. The van der Waals surface area contributed by atoms with Crippen LogP contribution in [0.15, 0.2) is 64.7 Å². The van der Waals surface area contributed by atoms with Crippen LogP contribution in [0.1, 0.15) is 16.1 Å². The zero-order valence-corrected chi connectivity index (χ0v) is 15.3. The Hall–Kier alpha value is -3.34. The number of hydrogen-bond donors (Lipinski definition) is 1. The van der Waals surface area contributed by atoms with Gasteiger partial charge in [0.05, 0.1) is 11.2 Å². The Labute approximate surface area is 163 Å². The standard InChI is InChI=1S/C18H13F3N2O5S/c19-18(20,21)28-14-5-1-2-6-15(14)29(25,26)12-8-13(11-4-3-7-27-10-11)16(17(22)24)23-9-12/h1-9H,10H2,(H2,22,24). The highest BCUT2D eigenvalue weighted by Crippen LogP contribution is 2.34. The third-order valence-electron chi connectivity index (χ3n) is 3.83. The van der Waals surface area contributed by atoms with E-state index in [0.29, 0.717) is 5.57 Å². The van der Waals surface area contributed by atoms with E-state index in [1.54, 1.807) is 6.08 Å². The minimum atomic E-state index is -5.08. The Morgan fingerprint density at radius 3 is 2.59 bits per heavy atom. The van der Waals surface area contributed by atoms with Crippen LogP contribution in [0.25, 0.3) is 5.57 Å². The Bertz CT molecular complexity index is 1120. The van der Waals surface area contributed by atoms with Gasteiger partial charge in [0, 0.05) is 11.8 Å². The zero-order valence-electron chi connectivity index (χ0n) is 14.5. The average Bonchev–Trinajstić information content (AvgIpc) is 2.67. The maximum absolute atomic E-state index is 13.0. The fourth-order valence-electron chi connectivity index (χ4n) is 2.61. The summed E-state index contributed by atoms with van der Waals surface area (Å²) in [4.78, 5) is 14.4.